The fraction of sp³-hybridized carbons (Fsp3) is 0.645. The zero-order valence-corrected chi connectivity index (χ0v) is 22.1. The van der Waals surface area contributed by atoms with Gasteiger partial charge < -0.3 is 15.0 Å². The Hall–Kier alpha value is -2.07. The molecule has 4 rings (SSSR count). The monoisotopic (exact) mass is 477 g/mol. The largest absolute Gasteiger partial charge is 0.379 e. The lowest BCUT2D eigenvalue weighted by molar-refractivity contribution is -0.107. The molecule has 2 aliphatic heterocycles. The van der Waals surface area contributed by atoms with Gasteiger partial charge in [0.1, 0.15) is 6.29 Å². The number of benzene rings is 1. The summed E-state index contributed by atoms with van der Waals surface area (Å²) in [6, 6.07) is 9.18. The third-order valence-electron chi connectivity index (χ3n) is 8.87. The number of carbonyl (C=O) groups excluding carboxylic acids is 1. The number of hydrogen-bond donors (Lipinski definition) is 1. The lowest BCUT2D eigenvalue weighted by atomic mass is 9.77. The zero-order valence-electron chi connectivity index (χ0n) is 22.1. The van der Waals surface area contributed by atoms with Crippen LogP contribution in [0.25, 0.3) is 0 Å². The molecule has 192 valence electrons. The van der Waals surface area contributed by atoms with E-state index in [0.29, 0.717) is 12.5 Å². The van der Waals surface area contributed by atoms with Crippen LogP contribution in [0.5, 0.6) is 0 Å². The average Bonchev–Trinajstić information content (AvgIpc) is 2.89. The Labute approximate surface area is 213 Å². The summed E-state index contributed by atoms with van der Waals surface area (Å²) < 4.78 is 0. The Kier molecular flexibility index (Phi) is 9.10. The summed E-state index contributed by atoms with van der Waals surface area (Å²) in [5.74, 6) is 0.833. The molecule has 1 saturated carbocycles. The molecule has 4 heteroatoms. The summed E-state index contributed by atoms with van der Waals surface area (Å²) >= 11 is 0. The second-order valence-electron chi connectivity index (χ2n) is 11.2. The molecule has 0 bridgehead atoms. The summed E-state index contributed by atoms with van der Waals surface area (Å²) in [5, 5.41) is 3.89. The molecule has 1 aliphatic carbocycles. The van der Waals surface area contributed by atoms with E-state index in [1.807, 2.05) is 0 Å². The summed E-state index contributed by atoms with van der Waals surface area (Å²) in [6.45, 7) is 15.9. The van der Waals surface area contributed by atoms with Crippen molar-refractivity contribution in [1.29, 1.82) is 0 Å². The lowest BCUT2D eigenvalue weighted by Gasteiger charge is -2.57. The number of aryl methyl sites for hydroxylation is 1. The second-order valence-corrected chi connectivity index (χ2v) is 11.2. The molecule has 3 aliphatic rings. The third kappa shape index (κ3) is 6.20. The number of rotatable bonds is 10. The van der Waals surface area contributed by atoms with Crippen LogP contribution in [0.2, 0.25) is 0 Å². The molecule has 1 aromatic rings. The summed E-state index contributed by atoms with van der Waals surface area (Å²) in [7, 11) is 0. The molecule has 4 nitrogen and oxygen atoms in total. The van der Waals surface area contributed by atoms with Crippen molar-refractivity contribution in [3.05, 3.63) is 59.9 Å². The van der Waals surface area contributed by atoms with Gasteiger partial charge in [-0.15, -0.1) is 0 Å². The van der Waals surface area contributed by atoms with E-state index >= 15 is 0 Å². The first-order chi connectivity index (χ1) is 17.1. The SMILES string of the molecule is C=C1[C@H](CC2CCCCC2)NC(=C)C2(CCN(Cc3ccc(CCC=O)cc3)CC2)N1CCCC. The van der Waals surface area contributed by atoms with Crippen molar-refractivity contribution in [3.8, 4) is 0 Å². The van der Waals surface area contributed by atoms with Crippen LogP contribution in [0, 0.1) is 5.92 Å². The Bertz CT molecular complexity index is 846. The van der Waals surface area contributed by atoms with E-state index in [0.717, 1.165) is 57.6 Å². The maximum absolute atomic E-state index is 10.6. The standard InChI is InChI=1S/C31H47N3O/c1-4-5-19-34-25(2)30(23-28-10-7-6-8-11-28)32-26(3)31(34)17-20-33(21-18-31)24-29-15-13-27(14-16-29)12-9-22-35/h13-16,22,28,30,32H,2-12,17-21,23-24H2,1H3/t30-/m0/s1. The van der Waals surface area contributed by atoms with Crippen LogP contribution < -0.4 is 5.32 Å². The molecule has 0 aromatic heterocycles. The van der Waals surface area contributed by atoms with E-state index in [-0.39, 0.29) is 5.54 Å². The van der Waals surface area contributed by atoms with Gasteiger partial charge in [-0.25, -0.2) is 0 Å². The minimum absolute atomic E-state index is 0.00447. The Balaban J connectivity index is 1.39. The fourth-order valence-electron chi connectivity index (χ4n) is 6.63. The number of likely N-dealkylation sites (tertiary alicyclic amines) is 1. The number of carbonyl (C=O) groups is 1. The topological polar surface area (TPSA) is 35.6 Å². The molecule has 1 spiro atoms. The highest BCUT2D eigenvalue weighted by Crippen LogP contribution is 2.42. The van der Waals surface area contributed by atoms with Crippen LogP contribution in [0.1, 0.15) is 88.7 Å². The molecular formula is C31H47N3O. The highest BCUT2D eigenvalue weighted by Gasteiger charge is 2.47. The van der Waals surface area contributed by atoms with Gasteiger partial charge in [0.25, 0.3) is 0 Å². The van der Waals surface area contributed by atoms with Crippen molar-refractivity contribution in [1.82, 2.24) is 15.1 Å². The van der Waals surface area contributed by atoms with Gasteiger partial charge in [-0.05, 0) is 49.1 Å². The quantitative estimate of drug-likeness (QED) is 0.406. The van der Waals surface area contributed by atoms with Gasteiger partial charge in [0.15, 0.2) is 0 Å². The van der Waals surface area contributed by atoms with E-state index in [4.69, 9.17) is 0 Å². The van der Waals surface area contributed by atoms with Crippen molar-refractivity contribution in [2.45, 2.75) is 102 Å². The van der Waals surface area contributed by atoms with Crippen molar-refractivity contribution in [3.63, 3.8) is 0 Å². The van der Waals surface area contributed by atoms with Gasteiger partial charge in [-0.2, -0.15) is 0 Å². The number of nitrogens with one attached hydrogen (secondary N) is 1. The van der Waals surface area contributed by atoms with Gasteiger partial charge in [-0.1, -0.05) is 82.9 Å². The van der Waals surface area contributed by atoms with E-state index in [1.165, 1.54) is 73.9 Å². The van der Waals surface area contributed by atoms with E-state index in [2.05, 4.69) is 59.5 Å². The van der Waals surface area contributed by atoms with Gasteiger partial charge >= 0.3 is 0 Å². The number of piperidine rings is 1. The van der Waals surface area contributed by atoms with Gasteiger partial charge in [0, 0.05) is 44.0 Å². The first-order valence-corrected chi connectivity index (χ1v) is 14.2. The molecule has 1 N–H and O–H groups in total. The van der Waals surface area contributed by atoms with Gasteiger partial charge in [-0.3, -0.25) is 4.90 Å². The van der Waals surface area contributed by atoms with Crippen molar-refractivity contribution in [2.24, 2.45) is 5.92 Å². The van der Waals surface area contributed by atoms with Gasteiger partial charge in [0.2, 0.25) is 0 Å². The molecule has 0 radical (unpaired) electrons. The molecule has 35 heavy (non-hydrogen) atoms. The minimum atomic E-state index is 0.00447. The molecule has 3 fully saturated rings. The minimum Gasteiger partial charge on any atom is -0.379 e. The molecule has 0 unspecified atom stereocenters. The first kappa shape index (κ1) is 26.0. The summed E-state index contributed by atoms with van der Waals surface area (Å²) in [4.78, 5) is 15.9. The summed E-state index contributed by atoms with van der Waals surface area (Å²) in [6.07, 6.45) is 15.3. The average molecular weight is 478 g/mol. The van der Waals surface area contributed by atoms with Crippen molar-refractivity contribution < 1.29 is 4.79 Å². The number of hydrogen-bond acceptors (Lipinski definition) is 4. The molecule has 0 amide bonds. The Morgan fingerprint density at radius 3 is 2.40 bits per heavy atom. The first-order valence-electron chi connectivity index (χ1n) is 14.2. The third-order valence-corrected chi connectivity index (χ3v) is 8.87. The predicted octanol–water partition coefficient (Wildman–Crippen LogP) is 6.22. The second kappa shape index (κ2) is 12.3. The maximum Gasteiger partial charge on any atom is 0.120 e. The number of unbranched alkanes of at least 4 members (excludes halogenated alkanes) is 1. The highest BCUT2D eigenvalue weighted by atomic mass is 16.1. The molecule has 2 heterocycles. The van der Waals surface area contributed by atoms with Crippen LogP contribution in [0.15, 0.2) is 48.8 Å². The molecule has 2 saturated heterocycles. The maximum atomic E-state index is 10.6. The number of piperazine rings is 1. The molecule has 1 aromatic carbocycles. The number of nitrogens with zero attached hydrogens (tertiary/aromatic N) is 2. The zero-order chi connectivity index (χ0) is 24.7. The highest BCUT2D eigenvalue weighted by molar-refractivity contribution is 5.50. The van der Waals surface area contributed by atoms with Crippen LogP contribution in [0.3, 0.4) is 0 Å². The van der Waals surface area contributed by atoms with Gasteiger partial charge in [0.05, 0.1) is 11.6 Å². The van der Waals surface area contributed by atoms with E-state index in [9.17, 15) is 4.79 Å². The smallest absolute Gasteiger partial charge is 0.120 e. The number of aldehydes is 1. The van der Waals surface area contributed by atoms with Crippen molar-refractivity contribution in [2.75, 3.05) is 19.6 Å². The van der Waals surface area contributed by atoms with Crippen LogP contribution in [-0.2, 0) is 17.8 Å². The predicted molar refractivity (Wildman–Crippen MR) is 146 cm³/mol. The van der Waals surface area contributed by atoms with Crippen LogP contribution in [-0.4, -0.2) is 47.3 Å². The Morgan fingerprint density at radius 1 is 1.06 bits per heavy atom. The van der Waals surface area contributed by atoms with Crippen LogP contribution in [0.4, 0.5) is 0 Å². The normalized spacial score (nSPS) is 23.5. The molecular weight excluding hydrogens is 430 g/mol. The van der Waals surface area contributed by atoms with E-state index < -0.39 is 0 Å². The Morgan fingerprint density at radius 2 is 1.74 bits per heavy atom. The van der Waals surface area contributed by atoms with Crippen LogP contribution >= 0.6 is 0 Å². The molecule has 1 atom stereocenters. The fourth-order valence-corrected chi connectivity index (χ4v) is 6.63. The van der Waals surface area contributed by atoms with E-state index in [1.54, 1.807) is 0 Å². The lowest BCUT2D eigenvalue weighted by Crippen LogP contribution is -2.64. The summed E-state index contributed by atoms with van der Waals surface area (Å²) in [5.41, 5.74) is 5.16. The van der Waals surface area contributed by atoms with Crippen molar-refractivity contribution >= 4 is 6.29 Å².